The fourth-order valence-corrected chi connectivity index (χ4v) is 1.70. The van der Waals surface area contributed by atoms with Crippen molar-refractivity contribution in [2.24, 2.45) is 0 Å². The Morgan fingerprint density at radius 2 is 2.38 bits per heavy atom. The summed E-state index contributed by atoms with van der Waals surface area (Å²) in [4.78, 5) is 8.34. The van der Waals surface area contributed by atoms with Crippen molar-refractivity contribution in [1.29, 1.82) is 0 Å². The molecule has 0 aliphatic carbocycles. The summed E-state index contributed by atoms with van der Waals surface area (Å²) < 4.78 is 5.93. The lowest BCUT2D eigenvalue weighted by atomic mass is 10.2. The van der Waals surface area contributed by atoms with Gasteiger partial charge in [0, 0.05) is 23.3 Å². The predicted molar refractivity (Wildman–Crippen MR) is 63.7 cm³/mol. The van der Waals surface area contributed by atoms with E-state index < -0.39 is 0 Å². The van der Waals surface area contributed by atoms with Crippen molar-refractivity contribution in [3.8, 4) is 0 Å². The molecule has 0 saturated heterocycles. The maximum atomic E-state index is 4.90. The van der Waals surface area contributed by atoms with E-state index in [2.05, 4.69) is 38.1 Å². The highest BCUT2D eigenvalue weighted by molar-refractivity contribution is 9.10. The molecule has 2 aromatic rings. The van der Waals surface area contributed by atoms with Gasteiger partial charge in [-0.2, -0.15) is 0 Å². The van der Waals surface area contributed by atoms with Crippen LogP contribution in [0.3, 0.4) is 0 Å². The lowest BCUT2D eigenvalue weighted by Gasteiger charge is -2.12. The molecule has 1 N–H and O–H groups in total. The second-order valence-electron chi connectivity index (χ2n) is 3.48. The molecule has 0 spiro atoms. The number of nitrogens with zero attached hydrogens (tertiary/aromatic N) is 2. The van der Waals surface area contributed by atoms with E-state index in [-0.39, 0.29) is 6.04 Å². The van der Waals surface area contributed by atoms with Crippen molar-refractivity contribution < 1.29 is 4.42 Å². The van der Waals surface area contributed by atoms with E-state index in [0.29, 0.717) is 6.54 Å². The summed E-state index contributed by atoms with van der Waals surface area (Å²) >= 11 is 3.43. The third kappa shape index (κ3) is 2.90. The minimum absolute atomic E-state index is 0.175. The molecule has 0 fully saturated rings. The standard InChI is InChI=1S/C11H12BrN3O/c1-8(11-4-9(12)2-3-13-11)14-5-10-6-16-7-15-10/h2-4,6-8,14H,5H2,1H3. The van der Waals surface area contributed by atoms with Gasteiger partial charge >= 0.3 is 0 Å². The van der Waals surface area contributed by atoms with E-state index in [0.717, 1.165) is 15.9 Å². The van der Waals surface area contributed by atoms with Crippen LogP contribution in [0.4, 0.5) is 0 Å². The Labute approximate surface area is 102 Å². The molecule has 16 heavy (non-hydrogen) atoms. The van der Waals surface area contributed by atoms with Crippen molar-refractivity contribution in [2.75, 3.05) is 0 Å². The van der Waals surface area contributed by atoms with Gasteiger partial charge in [0.15, 0.2) is 6.39 Å². The normalized spacial score (nSPS) is 12.6. The molecule has 0 radical (unpaired) electrons. The van der Waals surface area contributed by atoms with E-state index in [1.807, 2.05) is 12.1 Å². The van der Waals surface area contributed by atoms with Crippen LogP contribution >= 0.6 is 15.9 Å². The highest BCUT2D eigenvalue weighted by Crippen LogP contribution is 2.15. The van der Waals surface area contributed by atoms with Gasteiger partial charge in [-0.05, 0) is 19.1 Å². The fourth-order valence-electron chi connectivity index (χ4n) is 1.35. The van der Waals surface area contributed by atoms with Crippen molar-refractivity contribution in [1.82, 2.24) is 15.3 Å². The number of hydrogen-bond donors (Lipinski definition) is 1. The van der Waals surface area contributed by atoms with E-state index in [1.54, 1.807) is 12.5 Å². The predicted octanol–water partition coefficient (Wildman–Crippen LogP) is 2.68. The average molecular weight is 282 g/mol. The summed E-state index contributed by atoms with van der Waals surface area (Å²) in [5.41, 5.74) is 1.89. The first-order chi connectivity index (χ1) is 7.75. The molecule has 4 nitrogen and oxygen atoms in total. The summed E-state index contributed by atoms with van der Waals surface area (Å²) in [7, 11) is 0. The first-order valence-electron chi connectivity index (χ1n) is 4.97. The first kappa shape index (κ1) is 11.3. The Kier molecular flexibility index (Phi) is 3.69. The third-order valence-electron chi connectivity index (χ3n) is 2.26. The van der Waals surface area contributed by atoms with E-state index in [9.17, 15) is 0 Å². The second kappa shape index (κ2) is 5.23. The zero-order valence-corrected chi connectivity index (χ0v) is 10.4. The van der Waals surface area contributed by atoms with Crippen LogP contribution in [0.5, 0.6) is 0 Å². The monoisotopic (exact) mass is 281 g/mol. The number of aromatic nitrogens is 2. The minimum atomic E-state index is 0.175. The van der Waals surface area contributed by atoms with Crippen molar-refractivity contribution >= 4 is 15.9 Å². The third-order valence-corrected chi connectivity index (χ3v) is 2.75. The molecule has 2 heterocycles. The number of pyridine rings is 1. The van der Waals surface area contributed by atoms with E-state index >= 15 is 0 Å². The molecule has 0 amide bonds. The molecule has 0 bridgehead atoms. The molecule has 0 aliphatic rings. The lowest BCUT2D eigenvalue weighted by Crippen LogP contribution is -2.19. The molecular weight excluding hydrogens is 270 g/mol. The topological polar surface area (TPSA) is 51.0 Å². The molecule has 0 saturated carbocycles. The van der Waals surface area contributed by atoms with Crippen LogP contribution in [-0.4, -0.2) is 9.97 Å². The smallest absolute Gasteiger partial charge is 0.180 e. The van der Waals surface area contributed by atoms with Gasteiger partial charge in [0.05, 0.1) is 11.4 Å². The molecule has 0 aliphatic heterocycles. The Morgan fingerprint density at radius 3 is 3.06 bits per heavy atom. The number of rotatable bonds is 4. The largest absolute Gasteiger partial charge is 0.451 e. The first-order valence-corrected chi connectivity index (χ1v) is 5.77. The van der Waals surface area contributed by atoms with Gasteiger partial charge in [0.1, 0.15) is 6.26 Å². The average Bonchev–Trinajstić information content (AvgIpc) is 2.78. The number of nitrogens with one attached hydrogen (secondary N) is 1. The van der Waals surface area contributed by atoms with Crippen LogP contribution in [0.15, 0.2) is 39.9 Å². The highest BCUT2D eigenvalue weighted by Gasteiger charge is 2.07. The molecule has 1 atom stereocenters. The zero-order chi connectivity index (χ0) is 11.4. The van der Waals surface area contributed by atoms with E-state index in [4.69, 9.17) is 4.42 Å². The van der Waals surface area contributed by atoms with Gasteiger partial charge in [-0.1, -0.05) is 15.9 Å². The van der Waals surface area contributed by atoms with Gasteiger partial charge in [0.2, 0.25) is 0 Å². The Balaban J connectivity index is 1.95. The minimum Gasteiger partial charge on any atom is -0.451 e. The van der Waals surface area contributed by atoms with Crippen LogP contribution in [0.25, 0.3) is 0 Å². The SMILES string of the molecule is CC(NCc1cocn1)c1cc(Br)ccn1. The van der Waals surface area contributed by atoms with Crippen LogP contribution in [-0.2, 0) is 6.54 Å². The maximum absolute atomic E-state index is 4.90. The highest BCUT2D eigenvalue weighted by atomic mass is 79.9. The van der Waals surface area contributed by atoms with Gasteiger partial charge in [-0.15, -0.1) is 0 Å². The second-order valence-corrected chi connectivity index (χ2v) is 4.40. The molecular formula is C11H12BrN3O. The molecule has 0 aromatic carbocycles. The van der Waals surface area contributed by atoms with Gasteiger partial charge in [-0.25, -0.2) is 4.98 Å². The zero-order valence-electron chi connectivity index (χ0n) is 8.85. The van der Waals surface area contributed by atoms with Crippen molar-refractivity contribution in [3.05, 3.63) is 46.8 Å². The van der Waals surface area contributed by atoms with Crippen LogP contribution < -0.4 is 5.32 Å². The van der Waals surface area contributed by atoms with Crippen molar-refractivity contribution in [3.63, 3.8) is 0 Å². The Hall–Kier alpha value is -1.20. The number of oxazole rings is 1. The number of hydrogen-bond acceptors (Lipinski definition) is 4. The number of halogens is 1. The molecule has 2 rings (SSSR count). The van der Waals surface area contributed by atoms with Gasteiger partial charge < -0.3 is 9.73 Å². The summed E-state index contributed by atoms with van der Waals surface area (Å²) in [6.45, 7) is 2.74. The quantitative estimate of drug-likeness (QED) is 0.936. The molecule has 5 heteroatoms. The van der Waals surface area contributed by atoms with E-state index in [1.165, 1.54) is 6.39 Å². The van der Waals surface area contributed by atoms with Crippen molar-refractivity contribution in [2.45, 2.75) is 19.5 Å². The molecule has 84 valence electrons. The van der Waals surface area contributed by atoms with Crippen LogP contribution in [0.1, 0.15) is 24.4 Å². The fraction of sp³-hybridized carbons (Fsp3) is 0.273. The Bertz CT molecular complexity index is 444. The summed E-state index contributed by atoms with van der Waals surface area (Å²) in [6, 6.07) is 4.09. The molecule has 1 unspecified atom stereocenters. The maximum Gasteiger partial charge on any atom is 0.180 e. The summed E-state index contributed by atoms with van der Waals surface area (Å²) in [5.74, 6) is 0. The molecule has 2 aromatic heterocycles. The van der Waals surface area contributed by atoms with Crippen LogP contribution in [0, 0.1) is 0 Å². The lowest BCUT2D eigenvalue weighted by molar-refractivity contribution is 0.541. The summed E-state index contributed by atoms with van der Waals surface area (Å²) in [6.07, 6.45) is 4.85. The van der Waals surface area contributed by atoms with Crippen LogP contribution in [0.2, 0.25) is 0 Å². The van der Waals surface area contributed by atoms with Gasteiger partial charge in [0.25, 0.3) is 0 Å². The Morgan fingerprint density at radius 1 is 1.50 bits per heavy atom. The summed E-state index contributed by atoms with van der Waals surface area (Å²) in [5, 5.41) is 3.32. The van der Waals surface area contributed by atoms with Gasteiger partial charge in [-0.3, -0.25) is 4.98 Å².